The van der Waals surface area contributed by atoms with Crippen LogP contribution in [0.3, 0.4) is 0 Å². The highest BCUT2D eigenvalue weighted by Crippen LogP contribution is 2.18. The molecule has 126 valence electrons. The van der Waals surface area contributed by atoms with Crippen molar-refractivity contribution in [3.63, 3.8) is 0 Å². The third-order valence-electron chi connectivity index (χ3n) is 3.66. The van der Waals surface area contributed by atoms with Crippen molar-refractivity contribution in [2.24, 2.45) is 0 Å². The lowest BCUT2D eigenvalue weighted by atomic mass is 10.1. The van der Waals surface area contributed by atoms with E-state index in [4.69, 9.17) is 0 Å². The number of aliphatic hydroxyl groups excluding tert-OH is 1. The maximum Gasteiger partial charge on any atom is 0.255 e. The molecule has 0 aliphatic heterocycles. The molecule has 5 heteroatoms. The molecule has 0 aliphatic rings. The summed E-state index contributed by atoms with van der Waals surface area (Å²) >= 11 is 0. The Hall–Kier alpha value is -2.66. The van der Waals surface area contributed by atoms with Crippen LogP contribution in [0.2, 0.25) is 0 Å². The summed E-state index contributed by atoms with van der Waals surface area (Å²) in [5.74, 6) is -0.483. The van der Waals surface area contributed by atoms with Crippen LogP contribution < -0.4 is 10.6 Å². The van der Waals surface area contributed by atoms with Crippen LogP contribution in [0.5, 0.6) is 0 Å². The summed E-state index contributed by atoms with van der Waals surface area (Å²) in [5.41, 5.74) is 3.14. The molecule has 0 fully saturated rings. The standard InChI is InChI=1S/C19H22N2O3/c1-3-9-20-18(23)15-5-4-6-16(11-15)19(24)21-17-10-14(12-22)8-7-13(17)2/h4-8,10-11,22H,3,9,12H2,1-2H3,(H,20,23)(H,21,24). The highest BCUT2D eigenvalue weighted by molar-refractivity contribution is 6.06. The van der Waals surface area contributed by atoms with Gasteiger partial charge >= 0.3 is 0 Å². The third kappa shape index (κ3) is 4.43. The number of carbonyl (C=O) groups excluding carboxylic acids is 2. The zero-order valence-corrected chi connectivity index (χ0v) is 13.9. The van der Waals surface area contributed by atoms with Gasteiger partial charge in [-0.3, -0.25) is 9.59 Å². The van der Waals surface area contributed by atoms with E-state index in [0.717, 1.165) is 17.5 Å². The number of amides is 2. The van der Waals surface area contributed by atoms with Gasteiger partial charge in [-0.05, 0) is 48.7 Å². The normalized spacial score (nSPS) is 10.3. The smallest absolute Gasteiger partial charge is 0.255 e. The molecule has 0 aliphatic carbocycles. The van der Waals surface area contributed by atoms with Crippen LogP contribution in [-0.4, -0.2) is 23.5 Å². The van der Waals surface area contributed by atoms with Crippen molar-refractivity contribution in [1.29, 1.82) is 0 Å². The number of benzene rings is 2. The van der Waals surface area contributed by atoms with Gasteiger partial charge in [0.2, 0.25) is 0 Å². The van der Waals surface area contributed by atoms with Crippen molar-refractivity contribution < 1.29 is 14.7 Å². The summed E-state index contributed by atoms with van der Waals surface area (Å²) in [6.07, 6.45) is 0.854. The summed E-state index contributed by atoms with van der Waals surface area (Å²) in [6, 6.07) is 12.0. The molecule has 2 aromatic rings. The van der Waals surface area contributed by atoms with Crippen LogP contribution in [0.4, 0.5) is 5.69 Å². The van der Waals surface area contributed by atoms with Crippen LogP contribution in [-0.2, 0) is 6.61 Å². The summed E-state index contributed by atoms with van der Waals surface area (Å²) in [7, 11) is 0. The number of hydrogen-bond acceptors (Lipinski definition) is 3. The zero-order chi connectivity index (χ0) is 17.5. The molecule has 2 aromatic carbocycles. The number of carbonyl (C=O) groups is 2. The van der Waals surface area contributed by atoms with Crippen molar-refractivity contribution >= 4 is 17.5 Å². The number of aliphatic hydroxyl groups is 1. The monoisotopic (exact) mass is 326 g/mol. The van der Waals surface area contributed by atoms with Gasteiger partial charge in [-0.1, -0.05) is 25.1 Å². The highest BCUT2D eigenvalue weighted by Gasteiger charge is 2.11. The van der Waals surface area contributed by atoms with E-state index in [1.807, 2.05) is 26.0 Å². The fourth-order valence-corrected chi connectivity index (χ4v) is 2.24. The van der Waals surface area contributed by atoms with E-state index in [1.165, 1.54) is 0 Å². The summed E-state index contributed by atoms with van der Waals surface area (Å²) in [4.78, 5) is 24.5. The Bertz CT molecular complexity index is 741. The van der Waals surface area contributed by atoms with E-state index in [1.54, 1.807) is 30.3 Å². The molecule has 0 atom stereocenters. The first kappa shape index (κ1) is 17.7. The van der Waals surface area contributed by atoms with E-state index in [0.29, 0.717) is 23.4 Å². The first-order valence-electron chi connectivity index (χ1n) is 7.95. The van der Waals surface area contributed by atoms with Crippen molar-refractivity contribution in [2.75, 3.05) is 11.9 Å². The summed E-state index contributed by atoms with van der Waals surface area (Å²) < 4.78 is 0. The molecule has 2 rings (SSSR count). The fraction of sp³-hybridized carbons (Fsp3) is 0.263. The van der Waals surface area contributed by atoms with Crippen molar-refractivity contribution in [2.45, 2.75) is 26.9 Å². The SMILES string of the molecule is CCCNC(=O)c1cccc(C(=O)Nc2cc(CO)ccc2C)c1. The Morgan fingerprint density at radius 2 is 1.75 bits per heavy atom. The third-order valence-corrected chi connectivity index (χ3v) is 3.66. The predicted molar refractivity (Wildman–Crippen MR) is 94.1 cm³/mol. The van der Waals surface area contributed by atoms with Gasteiger partial charge in [0.15, 0.2) is 0 Å². The number of hydrogen-bond donors (Lipinski definition) is 3. The minimum Gasteiger partial charge on any atom is -0.392 e. The van der Waals surface area contributed by atoms with Gasteiger partial charge in [0.1, 0.15) is 0 Å². The van der Waals surface area contributed by atoms with Crippen LogP contribution >= 0.6 is 0 Å². The molecule has 0 aromatic heterocycles. The first-order valence-corrected chi connectivity index (χ1v) is 7.95. The molecule has 24 heavy (non-hydrogen) atoms. The molecule has 0 heterocycles. The van der Waals surface area contributed by atoms with Crippen molar-refractivity contribution in [1.82, 2.24) is 5.32 Å². The Kier molecular flexibility index (Phi) is 6.09. The molecule has 0 saturated heterocycles. The van der Waals surface area contributed by atoms with E-state index >= 15 is 0 Å². The lowest BCUT2D eigenvalue weighted by Gasteiger charge is -2.11. The maximum atomic E-state index is 12.4. The first-order chi connectivity index (χ1) is 11.5. The van der Waals surface area contributed by atoms with Crippen LogP contribution in [0.25, 0.3) is 0 Å². The van der Waals surface area contributed by atoms with Crippen molar-refractivity contribution in [3.05, 3.63) is 64.7 Å². The van der Waals surface area contributed by atoms with E-state index in [2.05, 4.69) is 10.6 Å². The molecule has 5 nitrogen and oxygen atoms in total. The van der Waals surface area contributed by atoms with Gasteiger partial charge < -0.3 is 15.7 Å². The second-order valence-electron chi connectivity index (χ2n) is 5.60. The van der Waals surface area contributed by atoms with Crippen LogP contribution in [0.1, 0.15) is 45.2 Å². The fourth-order valence-electron chi connectivity index (χ4n) is 2.24. The minimum absolute atomic E-state index is 0.0871. The molecule has 0 bridgehead atoms. The van der Waals surface area contributed by atoms with Crippen LogP contribution in [0.15, 0.2) is 42.5 Å². The van der Waals surface area contributed by atoms with Crippen LogP contribution in [0, 0.1) is 6.92 Å². The second kappa shape index (κ2) is 8.26. The molecular formula is C19H22N2O3. The topological polar surface area (TPSA) is 78.4 Å². The number of rotatable bonds is 6. The molecule has 2 amide bonds. The van der Waals surface area contributed by atoms with Crippen molar-refractivity contribution in [3.8, 4) is 0 Å². The van der Waals surface area contributed by atoms with Gasteiger partial charge in [-0.25, -0.2) is 0 Å². The molecular weight excluding hydrogens is 304 g/mol. The van der Waals surface area contributed by atoms with Gasteiger partial charge in [-0.2, -0.15) is 0 Å². The van der Waals surface area contributed by atoms with E-state index in [9.17, 15) is 14.7 Å². The quantitative estimate of drug-likeness (QED) is 0.764. The zero-order valence-electron chi connectivity index (χ0n) is 13.9. The molecule has 3 N–H and O–H groups in total. The average Bonchev–Trinajstić information content (AvgIpc) is 2.61. The Labute approximate surface area is 141 Å². The number of nitrogens with one attached hydrogen (secondary N) is 2. The van der Waals surface area contributed by atoms with E-state index < -0.39 is 0 Å². The Morgan fingerprint density at radius 3 is 2.42 bits per heavy atom. The average molecular weight is 326 g/mol. The van der Waals surface area contributed by atoms with Gasteiger partial charge in [0.25, 0.3) is 11.8 Å². The predicted octanol–water partition coefficient (Wildman–Crippen LogP) is 2.88. The largest absolute Gasteiger partial charge is 0.392 e. The molecule has 0 saturated carbocycles. The number of aryl methyl sites for hydroxylation is 1. The minimum atomic E-state index is -0.293. The molecule has 0 radical (unpaired) electrons. The maximum absolute atomic E-state index is 12.4. The van der Waals surface area contributed by atoms with Gasteiger partial charge in [0.05, 0.1) is 6.61 Å². The Morgan fingerprint density at radius 1 is 1.04 bits per heavy atom. The number of anilines is 1. The second-order valence-corrected chi connectivity index (χ2v) is 5.60. The summed E-state index contributed by atoms with van der Waals surface area (Å²) in [6.45, 7) is 4.37. The highest BCUT2D eigenvalue weighted by atomic mass is 16.3. The molecule has 0 spiro atoms. The summed E-state index contributed by atoms with van der Waals surface area (Å²) in [5, 5.41) is 14.8. The Balaban J connectivity index is 2.17. The van der Waals surface area contributed by atoms with Gasteiger partial charge in [0, 0.05) is 23.4 Å². The lowest BCUT2D eigenvalue weighted by Crippen LogP contribution is -2.24. The molecule has 0 unspecified atom stereocenters. The lowest BCUT2D eigenvalue weighted by molar-refractivity contribution is 0.0953. The van der Waals surface area contributed by atoms with E-state index in [-0.39, 0.29) is 18.4 Å². The van der Waals surface area contributed by atoms with Gasteiger partial charge in [-0.15, -0.1) is 0 Å².